The first-order valence-corrected chi connectivity index (χ1v) is 10.4. The summed E-state index contributed by atoms with van der Waals surface area (Å²) in [5.74, 6) is 0.181. The van der Waals surface area contributed by atoms with Crippen LogP contribution in [0.25, 0.3) is 16.6 Å². The van der Waals surface area contributed by atoms with E-state index in [1.54, 1.807) is 29.3 Å². The number of ether oxygens (including phenoxy) is 1. The van der Waals surface area contributed by atoms with Crippen molar-refractivity contribution in [2.75, 3.05) is 29.9 Å². The number of nitrogens with zero attached hydrogens (tertiary/aromatic N) is 4. The largest absolute Gasteiger partial charge is 0.372 e. The SMILES string of the molecule is CC1(C)CN(c2ccc(-n3cc(C(=O)Nc4c[nH]c5ccc(F)cc45)cn3)cn2)CCO1. The molecule has 0 bridgehead atoms. The van der Waals surface area contributed by atoms with Crippen LogP contribution in [0.4, 0.5) is 15.9 Å². The number of fused-ring (bicyclic) bond motifs is 1. The fourth-order valence-electron chi connectivity index (χ4n) is 3.88. The predicted octanol–water partition coefficient (Wildman–Crippen LogP) is 3.76. The van der Waals surface area contributed by atoms with E-state index in [0.29, 0.717) is 23.2 Å². The maximum Gasteiger partial charge on any atom is 0.258 e. The second-order valence-corrected chi connectivity index (χ2v) is 8.42. The first kappa shape index (κ1) is 20.2. The van der Waals surface area contributed by atoms with Gasteiger partial charge in [-0.1, -0.05) is 0 Å². The van der Waals surface area contributed by atoms with Crippen LogP contribution < -0.4 is 10.2 Å². The molecule has 2 N–H and O–H groups in total. The zero-order valence-corrected chi connectivity index (χ0v) is 17.8. The second kappa shape index (κ2) is 7.76. The third-order valence-electron chi connectivity index (χ3n) is 5.48. The quantitative estimate of drug-likeness (QED) is 0.511. The summed E-state index contributed by atoms with van der Waals surface area (Å²) in [6, 6.07) is 8.24. The average Bonchev–Trinajstić information content (AvgIpc) is 3.41. The molecule has 9 heteroatoms. The molecule has 0 radical (unpaired) electrons. The van der Waals surface area contributed by atoms with Crippen molar-refractivity contribution in [2.45, 2.75) is 19.4 Å². The van der Waals surface area contributed by atoms with Crippen LogP contribution in [0.2, 0.25) is 0 Å². The number of nitrogens with one attached hydrogen (secondary N) is 2. The third kappa shape index (κ3) is 3.94. The van der Waals surface area contributed by atoms with Crippen molar-refractivity contribution in [3.05, 3.63) is 66.5 Å². The van der Waals surface area contributed by atoms with Crippen molar-refractivity contribution in [3.63, 3.8) is 0 Å². The Morgan fingerprint density at radius 2 is 2.12 bits per heavy atom. The summed E-state index contributed by atoms with van der Waals surface area (Å²) in [4.78, 5) is 22.5. The summed E-state index contributed by atoms with van der Waals surface area (Å²) in [5.41, 5.74) is 2.17. The monoisotopic (exact) mass is 434 g/mol. The molecule has 0 atom stereocenters. The first-order chi connectivity index (χ1) is 15.4. The summed E-state index contributed by atoms with van der Waals surface area (Å²) >= 11 is 0. The number of hydrogen-bond donors (Lipinski definition) is 2. The highest BCUT2D eigenvalue weighted by Gasteiger charge is 2.27. The Bertz CT molecular complexity index is 1280. The molecular weight excluding hydrogens is 411 g/mol. The minimum Gasteiger partial charge on any atom is -0.372 e. The molecule has 3 aromatic heterocycles. The van der Waals surface area contributed by atoms with Crippen LogP contribution in [-0.2, 0) is 4.74 Å². The molecule has 1 aliphatic heterocycles. The van der Waals surface area contributed by atoms with Gasteiger partial charge in [-0.25, -0.2) is 14.1 Å². The second-order valence-electron chi connectivity index (χ2n) is 8.42. The summed E-state index contributed by atoms with van der Waals surface area (Å²) in [7, 11) is 0. The maximum atomic E-state index is 13.6. The van der Waals surface area contributed by atoms with Crippen LogP contribution >= 0.6 is 0 Å². The lowest BCUT2D eigenvalue weighted by molar-refractivity contribution is -0.0279. The van der Waals surface area contributed by atoms with E-state index >= 15 is 0 Å². The summed E-state index contributed by atoms with van der Waals surface area (Å²) in [5, 5.41) is 7.71. The van der Waals surface area contributed by atoms with Crippen molar-refractivity contribution in [3.8, 4) is 5.69 Å². The molecule has 0 unspecified atom stereocenters. The van der Waals surface area contributed by atoms with E-state index in [-0.39, 0.29) is 17.3 Å². The molecule has 4 heterocycles. The van der Waals surface area contributed by atoms with Crippen LogP contribution in [0.1, 0.15) is 24.2 Å². The fourth-order valence-corrected chi connectivity index (χ4v) is 3.88. The lowest BCUT2D eigenvalue weighted by Crippen LogP contribution is -2.48. The average molecular weight is 434 g/mol. The van der Waals surface area contributed by atoms with Gasteiger partial charge in [0, 0.05) is 36.4 Å². The van der Waals surface area contributed by atoms with E-state index in [1.807, 2.05) is 12.1 Å². The number of benzene rings is 1. The number of aromatic nitrogens is 4. The van der Waals surface area contributed by atoms with Crippen LogP contribution in [0, 0.1) is 5.82 Å². The Morgan fingerprint density at radius 3 is 2.91 bits per heavy atom. The topological polar surface area (TPSA) is 88.1 Å². The lowest BCUT2D eigenvalue weighted by Gasteiger charge is -2.38. The number of morpholine rings is 1. The molecular formula is C23H23FN6O2. The van der Waals surface area contributed by atoms with Gasteiger partial charge in [0.25, 0.3) is 5.91 Å². The van der Waals surface area contributed by atoms with Crippen molar-refractivity contribution in [1.82, 2.24) is 19.7 Å². The van der Waals surface area contributed by atoms with Gasteiger partial charge in [-0.2, -0.15) is 5.10 Å². The molecule has 5 rings (SSSR count). The van der Waals surface area contributed by atoms with E-state index in [2.05, 4.69) is 39.1 Å². The van der Waals surface area contributed by atoms with Gasteiger partial charge in [0.15, 0.2) is 0 Å². The summed E-state index contributed by atoms with van der Waals surface area (Å²) < 4.78 is 20.9. The van der Waals surface area contributed by atoms with Gasteiger partial charge in [0.1, 0.15) is 11.6 Å². The minimum atomic E-state index is -0.364. The van der Waals surface area contributed by atoms with Crippen molar-refractivity contribution in [2.24, 2.45) is 0 Å². The van der Waals surface area contributed by atoms with Gasteiger partial charge < -0.3 is 19.9 Å². The molecule has 8 nitrogen and oxygen atoms in total. The number of rotatable bonds is 4. The van der Waals surface area contributed by atoms with Gasteiger partial charge in [-0.15, -0.1) is 0 Å². The summed E-state index contributed by atoms with van der Waals surface area (Å²) in [6.45, 7) is 6.35. The van der Waals surface area contributed by atoms with E-state index in [9.17, 15) is 9.18 Å². The normalized spacial score (nSPS) is 15.8. The molecule has 32 heavy (non-hydrogen) atoms. The van der Waals surface area contributed by atoms with Crippen molar-refractivity contribution >= 4 is 28.3 Å². The molecule has 1 amide bonds. The molecule has 0 spiro atoms. The highest BCUT2D eigenvalue weighted by atomic mass is 19.1. The van der Waals surface area contributed by atoms with Crippen LogP contribution in [0.3, 0.4) is 0 Å². The number of amides is 1. The lowest BCUT2D eigenvalue weighted by atomic mass is 10.1. The van der Waals surface area contributed by atoms with E-state index in [0.717, 1.165) is 30.1 Å². The zero-order chi connectivity index (χ0) is 22.3. The van der Waals surface area contributed by atoms with Crippen LogP contribution in [0.5, 0.6) is 0 Å². The highest BCUT2D eigenvalue weighted by Crippen LogP contribution is 2.25. The first-order valence-electron chi connectivity index (χ1n) is 10.4. The van der Waals surface area contributed by atoms with E-state index < -0.39 is 0 Å². The number of H-pyrrole nitrogens is 1. The molecule has 0 aliphatic carbocycles. The highest BCUT2D eigenvalue weighted by molar-refractivity contribution is 6.08. The Labute approximate surface area is 184 Å². The molecule has 4 aromatic rings. The van der Waals surface area contributed by atoms with Crippen LogP contribution in [0.15, 0.2) is 55.1 Å². The zero-order valence-electron chi connectivity index (χ0n) is 17.8. The Balaban J connectivity index is 1.31. The number of aromatic amines is 1. The van der Waals surface area contributed by atoms with Gasteiger partial charge in [0.2, 0.25) is 0 Å². The molecule has 164 valence electrons. The van der Waals surface area contributed by atoms with Crippen molar-refractivity contribution in [1.29, 1.82) is 0 Å². The number of carbonyl (C=O) groups is 1. The molecule has 1 aromatic carbocycles. The molecule has 1 aliphatic rings. The maximum absolute atomic E-state index is 13.6. The minimum absolute atomic E-state index is 0.209. The van der Waals surface area contributed by atoms with Gasteiger partial charge in [-0.3, -0.25) is 4.79 Å². The van der Waals surface area contributed by atoms with Crippen LogP contribution in [-0.4, -0.2) is 51.0 Å². The Kier molecular flexibility index (Phi) is 4.90. The Morgan fingerprint density at radius 1 is 1.25 bits per heavy atom. The van der Waals surface area contributed by atoms with E-state index in [4.69, 9.17) is 4.74 Å². The summed E-state index contributed by atoms with van der Waals surface area (Å²) in [6.07, 6.45) is 6.50. The predicted molar refractivity (Wildman–Crippen MR) is 120 cm³/mol. The van der Waals surface area contributed by atoms with E-state index in [1.165, 1.54) is 18.3 Å². The molecule has 0 saturated carbocycles. The third-order valence-corrected chi connectivity index (χ3v) is 5.48. The molecule has 1 fully saturated rings. The number of hydrogen-bond acceptors (Lipinski definition) is 5. The number of carbonyl (C=O) groups excluding carboxylic acids is 1. The van der Waals surface area contributed by atoms with Gasteiger partial charge >= 0.3 is 0 Å². The van der Waals surface area contributed by atoms with Gasteiger partial charge in [-0.05, 0) is 44.2 Å². The standard InChI is InChI=1S/C23H23FN6O2/c1-23(2)14-29(7-8-32-23)21-6-4-17(11-26-21)30-13-15(10-27-30)22(31)28-20-12-25-19-5-3-16(24)9-18(19)20/h3-6,9-13,25H,7-8,14H2,1-2H3,(H,28,31). The molecule has 1 saturated heterocycles. The smallest absolute Gasteiger partial charge is 0.258 e. The number of anilines is 2. The fraction of sp³-hybridized carbons (Fsp3) is 0.261. The Hall–Kier alpha value is -3.72. The van der Waals surface area contributed by atoms with Gasteiger partial charge in [0.05, 0.1) is 41.5 Å². The number of pyridine rings is 1. The van der Waals surface area contributed by atoms with Crippen molar-refractivity contribution < 1.29 is 13.9 Å². The number of halogens is 1.